The first-order chi connectivity index (χ1) is 1.41. The van der Waals surface area contributed by atoms with Crippen LogP contribution in [-0.4, -0.2) is 0 Å². The summed E-state index contributed by atoms with van der Waals surface area (Å²) in [6.45, 7) is 0. The summed E-state index contributed by atoms with van der Waals surface area (Å²) in [5, 5.41) is 0. The van der Waals surface area contributed by atoms with E-state index in [1.165, 1.54) is 0 Å². The molecule has 0 saturated carbocycles. The summed E-state index contributed by atoms with van der Waals surface area (Å²) in [5.41, 5.74) is 0. The Morgan fingerprint density at radius 1 is 1.25 bits per heavy atom. The summed E-state index contributed by atoms with van der Waals surface area (Å²) < 4.78 is 0. The second-order valence-corrected chi connectivity index (χ2v) is 5.17. The minimum Gasteiger partial charge on any atom is -0.147 e. The summed E-state index contributed by atoms with van der Waals surface area (Å²) in [5.74, 6) is 1.04. The van der Waals surface area contributed by atoms with E-state index in [4.69, 9.17) is 0 Å². The third kappa shape index (κ3) is 9.36. The molecule has 0 rings (SSSR count). The largest absolute Gasteiger partial charge is 0.147 e. The first-order valence-corrected chi connectivity index (χ1v) is 5.27. The molecule has 0 amide bonds. The number of rotatable bonds is 0. The smallest absolute Gasteiger partial charge is 0.0811 e. The molecule has 0 aromatic rings. The van der Waals surface area contributed by atoms with Crippen LogP contribution >= 0.6 is 49.4 Å². The van der Waals surface area contributed by atoms with E-state index in [1.54, 1.807) is 0 Å². The second-order valence-electron chi connectivity index (χ2n) is 0.0639. The van der Waals surface area contributed by atoms with Gasteiger partial charge in [-0.25, -0.2) is 0 Å². The molecule has 0 aromatic carbocycles. The lowest BCUT2D eigenvalue weighted by atomic mass is 30.9. The van der Waals surface area contributed by atoms with Crippen LogP contribution in [0.5, 0.6) is 0 Å². The Morgan fingerprint density at radius 3 is 1.25 bits per heavy atom. The van der Waals surface area contributed by atoms with E-state index in [1.807, 2.05) is 0 Å². The van der Waals surface area contributed by atoms with Gasteiger partial charge in [-0.3, -0.25) is 0 Å². The van der Waals surface area contributed by atoms with Crippen molar-refractivity contribution in [1.82, 2.24) is 0 Å². The quantitative estimate of drug-likeness (QED) is 0.558. The van der Waals surface area contributed by atoms with Crippen molar-refractivity contribution in [2.24, 2.45) is 0 Å². The van der Waals surface area contributed by atoms with E-state index in [0.717, 1.165) is 5.99 Å². The van der Waals surface area contributed by atoms with Crippen LogP contribution in [-0.2, 0) is 0 Å². The fourth-order valence-corrected chi connectivity index (χ4v) is 0. The highest BCUT2D eigenvalue weighted by Gasteiger charge is 1.44. The molecule has 27 valence electrons. The predicted octanol–water partition coefficient (Wildman–Crippen LogP) is 2.97. The van der Waals surface area contributed by atoms with Crippen LogP contribution in [0.3, 0.4) is 0 Å². The Balaban J connectivity index is 0. The lowest BCUT2D eigenvalue weighted by Crippen LogP contribution is -0.560. The van der Waals surface area contributed by atoms with E-state index in [0.29, 0.717) is 0 Å². The molecule has 4 heavy (non-hydrogen) atoms. The molecule has 0 bridgehead atoms. The molecule has 0 aliphatic heterocycles. The van der Waals surface area contributed by atoms with Crippen LogP contribution in [0.4, 0.5) is 0 Å². The number of halogens is 3. The third-order valence-corrected chi connectivity index (χ3v) is 0. The van der Waals surface area contributed by atoms with Gasteiger partial charge in [-0.2, -0.15) is 0 Å². The summed E-state index contributed by atoms with van der Waals surface area (Å²) >= 11 is 6.07. The van der Waals surface area contributed by atoms with Crippen LogP contribution in [0.1, 0.15) is 0 Å². The molecule has 0 nitrogen and oxygen atoms in total. The van der Waals surface area contributed by atoms with Gasteiger partial charge in [-0.05, 0) is 31.0 Å². The number of hydrogen-bond acceptors (Lipinski definition) is 0. The fourth-order valence-electron chi connectivity index (χ4n) is 0. The van der Waals surface area contributed by atoms with Gasteiger partial charge in [-0.1, -0.05) is 0 Å². The van der Waals surface area contributed by atoms with Crippen molar-refractivity contribution >= 4 is 49.4 Å². The highest BCUT2D eigenvalue weighted by Crippen LogP contribution is 2.27. The van der Waals surface area contributed by atoms with Gasteiger partial charge in [0, 0.05) is 0 Å². The van der Waals surface area contributed by atoms with E-state index < -0.39 is 0 Å². The Morgan fingerprint density at radius 2 is 1.25 bits per heavy atom. The second kappa shape index (κ2) is 8.82. The van der Waals surface area contributed by atoms with Crippen molar-refractivity contribution in [3.05, 3.63) is 0 Å². The molecule has 0 atom stereocenters. The van der Waals surface area contributed by atoms with Gasteiger partial charge in [0.2, 0.25) is 0 Å². The molecule has 0 aliphatic carbocycles. The van der Waals surface area contributed by atoms with Crippen LogP contribution in [0, 0.1) is 0 Å². The van der Waals surface area contributed by atoms with Crippen molar-refractivity contribution in [2.75, 3.05) is 0 Å². The SMILES string of the molecule is Br[P]Br.Cl. The Labute approximate surface area is 49.4 Å². The highest BCUT2D eigenvalue weighted by molar-refractivity contribution is 9.66. The Hall–Kier alpha value is 1.68. The monoisotopic (exact) mass is 225 g/mol. The van der Waals surface area contributed by atoms with Crippen molar-refractivity contribution < 1.29 is 0 Å². The zero-order valence-corrected chi connectivity index (χ0v) is 6.49. The van der Waals surface area contributed by atoms with Gasteiger partial charge in [-0.15, -0.1) is 12.4 Å². The molecule has 0 unspecified atom stereocenters. The maximum absolute atomic E-state index is 3.03. The van der Waals surface area contributed by atoms with Gasteiger partial charge >= 0.3 is 0 Å². The average molecular weight is 227 g/mol. The van der Waals surface area contributed by atoms with Gasteiger partial charge in [0.05, 0.1) is 5.99 Å². The normalized spacial score (nSPS) is 4.50. The minimum atomic E-state index is 0. The maximum atomic E-state index is 3.03. The molecule has 0 heterocycles. The van der Waals surface area contributed by atoms with Crippen molar-refractivity contribution in [2.45, 2.75) is 0 Å². The molecule has 0 saturated heterocycles. The van der Waals surface area contributed by atoms with Gasteiger partial charge in [0.25, 0.3) is 0 Å². The minimum absolute atomic E-state index is 0. The fraction of sp³-hybridized carbons (Fsp3) is 0. The summed E-state index contributed by atoms with van der Waals surface area (Å²) in [7, 11) is 0. The third-order valence-electron chi connectivity index (χ3n) is 0. The number of hydrogen-bond donors (Lipinski definition) is 0. The van der Waals surface area contributed by atoms with E-state index >= 15 is 0 Å². The van der Waals surface area contributed by atoms with E-state index in [-0.39, 0.29) is 12.4 Å². The zero-order chi connectivity index (χ0) is 2.71. The molecule has 4 heteroatoms. The highest BCUT2D eigenvalue weighted by atomic mass is 79.9. The van der Waals surface area contributed by atoms with Crippen LogP contribution in [0.25, 0.3) is 0 Å². The molecule has 1 radical (unpaired) electrons. The molecule has 0 spiro atoms. The van der Waals surface area contributed by atoms with E-state index in [2.05, 4.69) is 31.0 Å². The first-order valence-electron chi connectivity index (χ1n) is 0.338. The average Bonchev–Trinajstić information content (AvgIpc) is 0.918. The summed E-state index contributed by atoms with van der Waals surface area (Å²) in [6.07, 6.45) is 0. The zero-order valence-electron chi connectivity index (χ0n) is 1.61. The molecular formula is HBr2ClP. The van der Waals surface area contributed by atoms with Gasteiger partial charge < -0.3 is 0 Å². The molecule has 0 N–H and O–H groups in total. The summed E-state index contributed by atoms with van der Waals surface area (Å²) in [4.78, 5) is 0. The topological polar surface area (TPSA) is 0 Å². The predicted molar refractivity (Wildman–Crippen MR) is 32.0 cm³/mol. The van der Waals surface area contributed by atoms with Gasteiger partial charge in [0.1, 0.15) is 0 Å². The Kier molecular flexibility index (Phi) is 20.3. The maximum Gasteiger partial charge on any atom is 0.0811 e. The van der Waals surface area contributed by atoms with Crippen LogP contribution in [0.2, 0.25) is 0 Å². The van der Waals surface area contributed by atoms with Gasteiger partial charge in [0.15, 0.2) is 0 Å². The molecular weight excluding hydrogens is 226 g/mol. The van der Waals surface area contributed by atoms with Crippen molar-refractivity contribution in [3.63, 3.8) is 0 Å². The summed E-state index contributed by atoms with van der Waals surface area (Å²) in [6, 6.07) is 0. The first kappa shape index (κ1) is 9.19. The van der Waals surface area contributed by atoms with Crippen LogP contribution < -0.4 is 0 Å². The van der Waals surface area contributed by atoms with Crippen molar-refractivity contribution in [3.8, 4) is 0 Å². The van der Waals surface area contributed by atoms with Crippen LogP contribution in [0.15, 0.2) is 0 Å². The lowest BCUT2D eigenvalue weighted by Gasteiger charge is -1.39. The molecule has 0 aromatic heterocycles. The van der Waals surface area contributed by atoms with E-state index in [9.17, 15) is 0 Å². The Bertz CT molecular complexity index is 6.00. The molecule has 0 fully saturated rings. The van der Waals surface area contributed by atoms with Crippen molar-refractivity contribution in [1.29, 1.82) is 0 Å². The standard InChI is InChI=1S/Br2P.ClH/c1-3-2;/h;1H. The molecule has 0 aliphatic rings. The lowest BCUT2D eigenvalue weighted by molar-refractivity contribution is 5.85.